The molecule has 1 fully saturated rings. The molecule has 2 unspecified atom stereocenters. The van der Waals surface area contributed by atoms with E-state index in [0.717, 1.165) is 23.2 Å². The lowest BCUT2D eigenvalue weighted by molar-refractivity contribution is -0.122. The van der Waals surface area contributed by atoms with Gasteiger partial charge in [0.1, 0.15) is 5.50 Å². The first-order chi connectivity index (χ1) is 15.5. The maximum Gasteiger partial charge on any atom is 0.241 e. The average Bonchev–Trinajstić information content (AvgIpc) is 2.77. The molecule has 0 spiro atoms. The molecule has 0 aliphatic carbocycles. The number of benzene rings is 2. The van der Waals surface area contributed by atoms with E-state index < -0.39 is 26.5 Å². The summed E-state index contributed by atoms with van der Waals surface area (Å²) in [5, 5.41) is 7.31. The Bertz CT molecular complexity index is 1110. The Morgan fingerprint density at radius 2 is 1.85 bits per heavy atom. The van der Waals surface area contributed by atoms with Crippen LogP contribution in [0.3, 0.4) is 0 Å². The molecule has 0 radical (unpaired) electrons. The predicted octanol–water partition coefficient (Wildman–Crippen LogP) is 3.06. The van der Waals surface area contributed by atoms with Crippen molar-refractivity contribution in [2.75, 3.05) is 17.6 Å². The molecule has 2 aromatic carbocycles. The third kappa shape index (κ3) is 6.37. The normalized spacial score (nSPS) is 19.1. The summed E-state index contributed by atoms with van der Waals surface area (Å²) < 4.78 is 26.0. The van der Waals surface area contributed by atoms with Crippen molar-refractivity contribution >= 4 is 39.1 Å². The number of aryl methyl sites for hydroxylation is 1. The van der Waals surface area contributed by atoms with Crippen LogP contribution in [0, 0.1) is 0 Å². The van der Waals surface area contributed by atoms with Gasteiger partial charge < -0.3 is 10.6 Å². The Hall–Kier alpha value is -2.36. The van der Waals surface area contributed by atoms with Gasteiger partial charge in [0.25, 0.3) is 0 Å². The molecule has 33 heavy (non-hydrogen) atoms. The summed E-state index contributed by atoms with van der Waals surface area (Å²) in [5.41, 5.74) is 2.23. The van der Waals surface area contributed by atoms with E-state index in [2.05, 4.69) is 36.7 Å². The average molecular weight is 490 g/mol. The molecule has 1 saturated heterocycles. The van der Waals surface area contributed by atoms with E-state index >= 15 is 0 Å². The lowest BCUT2D eigenvalue weighted by Gasteiger charge is -2.29. The fraction of sp³-hybridized carbons (Fsp3) is 0.417. The third-order valence-electron chi connectivity index (χ3n) is 5.48. The summed E-state index contributed by atoms with van der Waals surface area (Å²) in [7, 11) is -3.84. The molecule has 2 amide bonds. The zero-order valence-electron chi connectivity index (χ0n) is 19.3. The number of amides is 2. The molecule has 0 saturated carbocycles. The number of nitrogens with one attached hydrogen (secondary N) is 3. The minimum Gasteiger partial charge on any atom is -0.331 e. The predicted molar refractivity (Wildman–Crippen MR) is 133 cm³/mol. The molecule has 3 N–H and O–H groups in total. The molecule has 0 aromatic heterocycles. The van der Waals surface area contributed by atoms with Crippen molar-refractivity contribution in [2.45, 2.75) is 55.2 Å². The third-order valence-corrected chi connectivity index (χ3v) is 8.58. The van der Waals surface area contributed by atoms with Gasteiger partial charge in [0.2, 0.25) is 11.8 Å². The van der Waals surface area contributed by atoms with Crippen molar-refractivity contribution in [3.8, 4) is 0 Å². The van der Waals surface area contributed by atoms with Gasteiger partial charge in [-0.25, -0.2) is 8.42 Å². The standard InChI is InChI=1S/C24H31N3O4S2/c1-5-16-7-6-8-18(13-16)26-21(28)15-32-23-25-14-20(22(29)27-23)33(30,31)19-11-9-17(10-12-19)24(2,3)4/h6-13,20,23,25H,5,14-15H2,1-4H3,(H,26,28)(H,27,29). The van der Waals surface area contributed by atoms with Gasteiger partial charge >= 0.3 is 0 Å². The quantitative estimate of drug-likeness (QED) is 0.552. The van der Waals surface area contributed by atoms with Crippen LogP contribution in [0.5, 0.6) is 0 Å². The van der Waals surface area contributed by atoms with E-state index in [9.17, 15) is 18.0 Å². The number of rotatable bonds is 7. The van der Waals surface area contributed by atoms with Crippen LogP contribution in [0.25, 0.3) is 0 Å². The molecular weight excluding hydrogens is 458 g/mol. The molecule has 2 aromatic rings. The Balaban J connectivity index is 1.55. The summed E-state index contributed by atoms with van der Waals surface area (Å²) in [6.07, 6.45) is 0.876. The van der Waals surface area contributed by atoms with Crippen molar-refractivity contribution in [3.05, 3.63) is 59.7 Å². The summed E-state index contributed by atoms with van der Waals surface area (Å²) in [6.45, 7) is 8.18. The molecule has 7 nitrogen and oxygen atoms in total. The molecular formula is C24H31N3O4S2. The minimum absolute atomic E-state index is 0.0208. The summed E-state index contributed by atoms with van der Waals surface area (Å²) in [4.78, 5) is 25.0. The van der Waals surface area contributed by atoms with Crippen LogP contribution in [-0.4, -0.2) is 43.3 Å². The number of hydrogen-bond acceptors (Lipinski definition) is 6. The SMILES string of the molecule is CCc1cccc(NC(=O)CSC2NCC(S(=O)(=O)c3ccc(C(C)(C)C)cc3)C(=O)N2)c1. The molecule has 0 bridgehead atoms. The fourth-order valence-corrected chi connectivity index (χ4v) is 5.78. The van der Waals surface area contributed by atoms with Gasteiger partial charge in [-0.05, 0) is 47.2 Å². The van der Waals surface area contributed by atoms with Crippen molar-refractivity contribution in [1.82, 2.24) is 10.6 Å². The second-order valence-electron chi connectivity index (χ2n) is 9.02. The van der Waals surface area contributed by atoms with Crippen LogP contribution >= 0.6 is 11.8 Å². The number of sulfone groups is 1. The largest absolute Gasteiger partial charge is 0.331 e. The van der Waals surface area contributed by atoms with Gasteiger partial charge in [0, 0.05) is 12.2 Å². The van der Waals surface area contributed by atoms with E-state index in [1.807, 2.05) is 31.2 Å². The second kappa shape index (κ2) is 10.3. The molecule has 1 aliphatic rings. The topological polar surface area (TPSA) is 104 Å². The van der Waals surface area contributed by atoms with E-state index in [1.54, 1.807) is 24.3 Å². The van der Waals surface area contributed by atoms with Crippen LogP contribution in [0.15, 0.2) is 53.4 Å². The molecule has 9 heteroatoms. The van der Waals surface area contributed by atoms with Crippen molar-refractivity contribution in [1.29, 1.82) is 0 Å². The first-order valence-electron chi connectivity index (χ1n) is 10.9. The van der Waals surface area contributed by atoms with Crippen LogP contribution in [-0.2, 0) is 31.3 Å². The molecule has 178 valence electrons. The van der Waals surface area contributed by atoms with Crippen molar-refractivity contribution < 1.29 is 18.0 Å². The molecule has 3 rings (SSSR count). The van der Waals surface area contributed by atoms with E-state index in [4.69, 9.17) is 0 Å². The summed E-state index contributed by atoms with van der Waals surface area (Å²) >= 11 is 1.20. The number of anilines is 1. The van der Waals surface area contributed by atoms with Crippen LogP contribution < -0.4 is 16.0 Å². The molecule has 1 aliphatic heterocycles. The van der Waals surface area contributed by atoms with Crippen molar-refractivity contribution in [2.24, 2.45) is 0 Å². The van der Waals surface area contributed by atoms with Gasteiger partial charge in [-0.1, -0.05) is 52.0 Å². The van der Waals surface area contributed by atoms with Gasteiger partial charge in [-0.2, -0.15) is 0 Å². The highest BCUT2D eigenvalue weighted by atomic mass is 32.2. The number of carbonyl (C=O) groups excluding carboxylic acids is 2. The minimum atomic E-state index is -3.84. The first-order valence-corrected chi connectivity index (χ1v) is 13.5. The number of hydrogen-bond donors (Lipinski definition) is 3. The van der Waals surface area contributed by atoms with Crippen molar-refractivity contribution in [3.63, 3.8) is 0 Å². The zero-order chi connectivity index (χ0) is 24.2. The summed E-state index contributed by atoms with van der Waals surface area (Å²) in [6, 6.07) is 14.3. The van der Waals surface area contributed by atoms with Gasteiger partial charge in [0.05, 0.1) is 10.6 Å². The lowest BCUT2D eigenvalue weighted by Crippen LogP contribution is -2.59. The monoisotopic (exact) mass is 489 g/mol. The lowest BCUT2D eigenvalue weighted by atomic mass is 9.87. The van der Waals surface area contributed by atoms with E-state index in [-0.39, 0.29) is 28.5 Å². The Labute approximate surface area is 200 Å². The Kier molecular flexibility index (Phi) is 7.87. The smallest absolute Gasteiger partial charge is 0.241 e. The maximum absolute atomic E-state index is 13.0. The first kappa shape index (κ1) is 25.3. The van der Waals surface area contributed by atoms with Crippen LogP contribution in [0.2, 0.25) is 0 Å². The number of carbonyl (C=O) groups is 2. The highest BCUT2D eigenvalue weighted by molar-refractivity contribution is 8.00. The second-order valence-corrected chi connectivity index (χ2v) is 12.2. The Morgan fingerprint density at radius 3 is 2.45 bits per heavy atom. The summed E-state index contributed by atoms with van der Waals surface area (Å²) in [5.74, 6) is -0.653. The molecule has 1 heterocycles. The van der Waals surface area contributed by atoms with Gasteiger partial charge in [-0.15, -0.1) is 11.8 Å². The molecule has 2 atom stereocenters. The highest BCUT2D eigenvalue weighted by Crippen LogP contribution is 2.25. The maximum atomic E-state index is 13.0. The highest BCUT2D eigenvalue weighted by Gasteiger charge is 2.38. The van der Waals surface area contributed by atoms with E-state index in [0.29, 0.717) is 0 Å². The van der Waals surface area contributed by atoms with Gasteiger partial charge in [-0.3, -0.25) is 14.9 Å². The van der Waals surface area contributed by atoms with Crippen LogP contribution in [0.4, 0.5) is 5.69 Å². The van der Waals surface area contributed by atoms with E-state index in [1.165, 1.54) is 11.8 Å². The van der Waals surface area contributed by atoms with Gasteiger partial charge in [0.15, 0.2) is 15.1 Å². The zero-order valence-corrected chi connectivity index (χ0v) is 21.0. The van der Waals surface area contributed by atoms with Crippen LogP contribution in [0.1, 0.15) is 38.8 Å². The number of thioether (sulfide) groups is 1. The Morgan fingerprint density at radius 1 is 1.15 bits per heavy atom. The fourth-order valence-electron chi connectivity index (χ4n) is 3.47.